The number of hydrogen-bond donors (Lipinski definition) is 2. The molecule has 0 fully saturated rings. The zero-order chi connectivity index (χ0) is 21.0. The van der Waals surface area contributed by atoms with Gasteiger partial charge in [0, 0.05) is 5.69 Å². The van der Waals surface area contributed by atoms with Crippen LogP contribution in [0.15, 0.2) is 75.1 Å². The van der Waals surface area contributed by atoms with Gasteiger partial charge >= 0.3 is 0 Å². The molecule has 0 saturated heterocycles. The molecule has 0 aliphatic heterocycles. The zero-order valence-corrected chi connectivity index (χ0v) is 17.1. The van der Waals surface area contributed by atoms with Crippen LogP contribution in [0.25, 0.3) is 0 Å². The Bertz CT molecular complexity index is 1160. The van der Waals surface area contributed by atoms with E-state index in [9.17, 15) is 13.2 Å². The topological polar surface area (TPSA) is 101 Å². The van der Waals surface area contributed by atoms with Crippen molar-refractivity contribution < 1.29 is 17.6 Å². The Morgan fingerprint density at radius 2 is 1.72 bits per heavy atom. The highest BCUT2D eigenvalue weighted by Crippen LogP contribution is 2.15. The van der Waals surface area contributed by atoms with Crippen LogP contribution in [0.2, 0.25) is 0 Å². The fourth-order valence-electron chi connectivity index (χ4n) is 2.53. The molecule has 8 heteroatoms. The lowest BCUT2D eigenvalue weighted by Crippen LogP contribution is -2.20. The van der Waals surface area contributed by atoms with Gasteiger partial charge in [0.1, 0.15) is 5.76 Å². The van der Waals surface area contributed by atoms with Gasteiger partial charge in [-0.1, -0.05) is 29.8 Å². The highest BCUT2D eigenvalue weighted by molar-refractivity contribution is 7.89. The number of amides is 1. The first-order chi connectivity index (χ1) is 13.7. The van der Waals surface area contributed by atoms with Gasteiger partial charge in [-0.15, -0.1) is 0 Å². The van der Waals surface area contributed by atoms with E-state index in [1.807, 2.05) is 6.92 Å². The van der Waals surface area contributed by atoms with Crippen LogP contribution in [0.1, 0.15) is 34.4 Å². The summed E-state index contributed by atoms with van der Waals surface area (Å²) in [5.74, 6) is 0.488. The largest absolute Gasteiger partial charge is 0.456 e. The summed E-state index contributed by atoms with van der Waals surface area (Å²) in [5, 5.41) is 6.74. The molecule has 7 nitrogen and oxygen atoms in total. The van der Waals surface area contributed by atoms with E-state index in [1.54, 1.807) is 62.4 Å². The molecule has 0 unspecified atom stereocenters. The fraction of sp³-hybridized carbons (Fsp3) is 0.143. The summed E-state index contributed by atoms with van der Waals surface area (Å²) in [5.41, 5.74) is 2.61. The normalized spacial score (nSPS) is 11.9. The third-order valence-corrected chi connectivity index (χ3v) is 5.39. The summed E-state index contributed by atoms with van der Waals surface area (Å²) in [6.45, 7) is 5.31. The average molecular weight is 411 g/mol. The SMILES string of the molecule is CC(=NNS(=O)(=O)c1ccc(C)cc1)c1cccc(NC(=O)c2ccc(C)o2)c1. The van der Waals surface area contributed by atoms with Gasteiger partial charge in [-0.3, -0.25) is 4.79 Å². The number of benzene rings is 2. The first-order valence-electron chi connectivity index (χ1n) is 8.85. The third kappa shape index (κ3) is 5.11. The summed E-state index contributed by atoms with van der Waals surface area (Å²) in [7, 11) is -3.76. The zero-order valence-electron chi connectivity index (χ0n) is 16.3. The second kappa shape index (κ2) is 8.32. The molecule has 0 aliphatic rings. The highest BCUT2D eigenvalue weighted by Gasteiger charge is 2.13. The molecule has 2 aromatic carbocycles. The lowest BCUT2D eigenvalue weighted by molar-refractivity contribution is 0.0995. The smallest absolute Gasteiger partial charge is 0.291 e. The van der Waals surface area contributed by atoms with Gasteiger partial charge in [0.25, 0.3) is 15.9 Å². The Balaban J connectivity index is 1.73. The van der Waals surface area contributed by atoms with E-state index in [0.717, 1.165) is 5.56 Å². The molecule has 0 saturated carbocycles. The highest BCUT2D eigenvalue weighted by atomic mass is 32.2. The van der Waals surface area contributed by atoms with Gasteiger partial charge in [-0.25, -0.2) is 0 Å². The number of carbonyl (C=O) groups is 1. The number of aryl methyl sites for hydroxylation is 2. The Morgan fingerprint density at radius 1 is 1.00 bits per heavy atom. The summed E-state index contributed by atoms with van der Waals surface area (Å²) < 4.78 is 30.0. The van der Waals surface area contributed by atoms with Crippen molar-refractivity contribution in [2.45, 2.75) is 25.7 Å². The Hall–Kier alpha value is -3.39. The van der Waals surface area contributed by atoms with Gasteiger partial charge in [-0.05, 0) is 62.7 Å². The molecule has 3 rings (SSSR count). The first kappa shape index (κ1) is 20.3. The van der Waals surface area contributed by atoms with E-state index in [1.165, 1.54) is 12.1 Å². The molecule has 0 bridgehead atoms. The van der Waals surface area contributed by atoms with Crippen LogP contribution >= 0.6 is 0 Å². The van der Waals surface area contributed by atoms with Crippen molar-refractivity contribution in [3.05, 3.63) is 83.3 Å². The standard InChI is InChI=1S/C21H21N3O4S/c1-14-7-10-19(11-8-14)29(26,27)24-23-16(3)17-5-4-6-18(13-17)22-21(25)20-12-9-15(2)28-20/h4-13,24H,1-3H3,(H,22,25). The van der Waals surface area contributed by atoms with Crippen molar-refractivity contribution in [3.8, 4) is 0 Å². The van der Waals surface area contributed by atoms with Crippen LogP contribution in [0.3, 0.4) is 0 Å². The number of hydrogen-bond acceptors (Lipinski definition) is 5. The van der Waals surface area contributed by atoms with E-state index < -0.39 is 10.0 Å². The lowest BCUT2D eigenvalue weighted by atomic mass is 10.1. The number of rotatable bonds is 6. The predicted octanol–water partition coefficient (Wildman–Crippen LogP) is 3.85. The van der Waals surface area contributed by atoms with Crippen LogP contribution < -0.4 is 10.1 Å². The van der Waals surface area contributed by atoms with E-state index >= 15 is 0 Å². The van der Waals surface area contributed by atoms with E-state index in [0.29, 0.717) is 22.7 Å². The van der Waals surface area contributed by atoms with E-state index in [-0.39, 0.29) is 16.6 Å². The van der Waals surface area contributed by atoms with Crippen LogP contribution in [0, 0.1) is 13.8 Å². The molecule has 0 aliphatic carbocycles. The Labute approximate surface area is 169 Å². The average Bonchev–Trinajstić information content (AvgIpc) is 3.13. The number of carbonyl (C=O) groups excluding carboxylic acids is 1. The number of anilines is 1. The van der Waals surface area contributed by atoms with Crippen molar-refractivity contribution in [3.63, 3.8) is 0 Å². The molecule has 1 heterocycles. The Morgan fingerprint density at radius 3 is 2.38 bits per heavy atom. The lowest BCUT2D eigenvalue weighted by Gasteiger charge is -2.08. The van der Waals surface area contributed by atoms with E-state index in [4.69, 9.17) is 4.42 Å². The number of hydrazone groups is 1. The summed E-state index contributed by atoms with van der Waals surface area (Å²) in [4.78, 5) is 14.6. The molecular weight excluding hydrogens is 390 g/mol. The second-order valence-corrected chi connectivity index (χ2v) is 8.21. The van der Waals surface area contributed by atoms with Gasteiger partial charge < -0.3 is 9.73 Å². The summed E-state index contributed by atoms with van der Waals surface area (Å²) >= 11 is 0. The molecule has 0 radical (unpaired) electrons. The number of sulfonamides is 1. The monoisotopic (exact) mass is 411 g/mol. The van der Waals surface area contributed by atoms with Gasteiger partial charge in [-0.2, -0.15) is 18.4 Å². The summed E-state index contributed by atoms with van der Waals surface area (Å²) in [6, 6.07) is 16.7. The van der Waals surface area contributed by atoms with Crippen molar-refractivity contribution in [1.29, 1.82) is 0 Å². The maximum atomic E-state index is 12.4. The first-order valence-corrected chi connectivity index (χ1v) is 10.3. The predicted molar refractivity (Wildman–Crippen MR) is 112 cm³/mol. The Kier molecular flexibility index (Phi) is 5.84. The maximum absolute atomic E-state index is 12.4. The summed E-state index contributed by atoms with van der Waals surface area (Å²) in [6.07, 6.45) is 0. The van der Waals surface area contributed by atoms with Gasteiger partial charge in [0.05, 0.1) is 10.6 Å². The van der Waals surface area contributed by atoms with Crippen LogP contribution in [0.4, 0.5) is 5.69 Å². The molecular formula is C21H21N3O4S. The molecule has 150 valence electrons. The van der Waals surface area contributed by atoms with Crippen molar-refractivity contribution >= 4 is 27.3 Å². The van der Waals surface area contributed by atoms with Crippen molar-refractivity contribution in [2.75, 3.05) is 5.32 Å². The quantitative estimate of drug-likeness (QED) is 0.475. The van der Waals surface area contributed by atoms with Crippen molar-refractivity contribution in [1.82, 2.24) is 4.83 Å². The fourth-order valence-corrected chi connectivity index (χ4v) is 3.39. The molecule has 0 spiro atoms. The molecule has 2 N–H and O–H groups in total. The van der Waals surface area contributed by atoms with Crippen LogP contribution in [0.5, 0.6) is 0 Å². The van der Waals surface area contributed by atoms with Gasteiger partial charge in [0.2, 0.25) is 0 Å². The van der Waals surface area contributed by atoms with Crippen molar-refractivity contribution in [2.24, 2.45) is 5.10 Å². The number of furan rings is 1. The van der Waals surface area contributed by atoms with E-state index in [2.05, 4.69) is 15.2 Å². The minimum atomic E-state index is -3.76. The minimum Gasteiger partial charge on any atom is -0.456 e. The number of nitrogens with one attached hydrogen (secondary N) is 2. The van der Waals surface area contributed by atoms with Gasteiger partial charge in [0.15, 0.2) is 5.76 Å². The van der Waals surface area contributed by atoms with Crippen LogP contribution in [-0.4, -0.2) is 20.0 Å². The molecule has 29 heavy (non-hydrogen) atoms. The second-order valence-electron chi connectivity index (χ2n) is 6.55. The number of nitrogens with zero attached hydrogens (tertiary/aromatic N) is 1. The third-order valence-electron chi connectivity index (χ3n) is 4.17. The van der Waals surface area contributed by atoms with Crippen LogP contribution in [-0.2, 0) is 10.0 Å². The maximum Gasteiger partial charge on any atom is 0.291 e. The molecule has 1 aromatic heterocycles. The molecule has 3 aromatic rings. The minimum absolute atomic E-state index is 0.134. The molecule has 1 amide bonds. The molecule has 0 atom stereocenters.